The number of ether oxygens (including phenoxy) is 3. The monoisotopic (exact) mass is 467 g/mol. The summed E-state index contributed by atoms with van der Waals surface area (Å²) in [6.45, 7) is 4.11. The highest BCUT2D eigenvalue weighted by Crippen LogP contribution is 2.30. The van der Waals surface area contributed by atoms with E-state index in [9.17, 15) is 14.4 Å². The normalized spacial score (nSPS) is 21.4. The van der Waals surface area contributed by atoms with Gasteiger partial charge in [-0.15, -0.1) is 0 Å². The van der Waals surface area contributed by atoms with Crippen LogP contribution in [0.5, 0.6) is 17.2 Å². The van der Waals surface area contributed by atoms with Gasteiger partial charge >= 0.3 is 0 Å². The number of fused-ring (bicyclic) bond motifs is 1. The molecule has 2 aromatic rings. The van der Waals surface area contributed by atoms with E-state index in [0.717, 1.165) is 19.3 Å². The number of piperidine rings is 1. The molecule has 0 spiro atoms. The van der Waals surface area contributed by atoms with Gasteiger partial charge < -0.3 is 19.1 Å². The molecule has 3 unspecified atom stereocenters. The molecular weight excluding hydrogens is 438 g/mol. The second-order valence-electron chi connectivity index (χ2n) is 8.55. The number of hydrazine groups is 1. The van der Waals surface area contributed by atoms with Crippen molar-refractivity contribution in [1.82, 2.24) is 15.8 Å². The van der Waals surface area contributed by atoms with Crippen LogP contribution in [0, 0.1) is 0 Å². The number of carbonyl (C=O) groups is 3. The molecular formula is C25H29N3O6. The Labute approximate surface area is 198 Å². The van der Waals surface area contributed by atoms with Crippen molar-refractivity contribution in [2.45, 2.75) is 51.3 Å². The molecule has 0 bridgehead atoms. The van der Waals surface area contributed by atoms with Crippen molar-refractivity contribution < 1.29 is 28.6 Å². The first kappa shape index (κ1) is 23.4. The van der Waals surface area contributed by atoms with Crippen LogP contribution in [0.15, 0.2) is 48.5 Å². The lowest BCUT2D eigenvalue weighted by Crippen LogP contribution is -2.50. The predicted octanol–water partition coefficient (Wildman–Crippen LogP) is 2.46. The zero-order valence-corrected chi connectivity index (χ0v) is 19.3. The number of likely N-dealkylation sites (tertiary alicyclic amines) is 1. The van der Waals surface area contributed by atoms with Crippen molar-refractivity contribution in [2.24, 2.45) is 0 Å². The van der Waals surface area contributed by atoms with Gasteiger partial charge in [0, 0.05) is 17.6 Å². The fraction of sp³-hybridized carbons (Fsp3) is 0.400. The molecule has 1 saturated heterocycles. The molecule has 2 aromatic carbocycles. The maximum atomic E-state index is 12.6. The number of benzene rings is 2. The molecule has 2 aliphatic rings. The van der Waals surface area contributed by atoms with E-state index in [-0.39, 0.29) is 31.2 Å². The summed E-state index contributed by atoms with van der Waals surface area (Å²) in [5.41, 5.74) is 5.05. The summed E-state index contributed by atoms with van der Waals surface area (Å²) in [7, 11) is 0. The first-order valence-corrected chi connectivity index (χ1v) is 11.4. The molecule has 9 nitrogen and oxygen atoms in total. The number of hydrogen-bond donors (Lipinski definition) is 2. The third kappa shape index (κ3) is 5.41. The fourth-order valence-corrected chi connectivity index (χ4v) is 4.25. The maximum absolute atomic E-state index is 12.6. The van der Waals surface area contributed by atoms with Gasteiger partial charge in [0.1, 0.15) is 12.4 Å². The van der Waals surface area contributed by atoms with E-state index < -0.39 is 17.9 Å². The van der Waals surface area contributed by atoms with Crippen molar-refractivity contribution in [3.05, 3.63) is 54.1 Å². The standard InChI is InChI=1S/C25H29N3O6/c1-16-6-5-7-17(2)28(16)23(29)15-32-19-12-10-18(11-13-19)24(30)26-27-25(31)22-14-33-20-8-3-4-9-21(20)34-22/h3-4,8-13,16-17,22H,5-7,14-15H2,1-2H3,(H,26,30)(H,27,31). The molecule has 2 heterocycles. The minimum absolute atomic E-state index is 0.0401. The second kappa shape index (κ2) is 10.5. The zero-order chi connectivity index (χ0) is 24.1. The first-order chi connectivity index (χ1) is 16.4. The summed E-state index contributed by atoms with van der Waals surface area (Å²) in [6, 6.07) is 13.8. The van der Waals surface area contributed by atoms with Crippen LogP contribution in [0.4, 0.5) is 0 Å². The van der Waals surface area contributed by atoms with Gasteiger partial charge in [-0.05, 0) is 69.5 Å². The van der Waals surface area contributed by atoms with E-state index in [2.05, 4.69) is 24.7 Å². The molecule has 3 atom stereocenters. The van der Waals surface area contributed by atoms with E-state index in [4.69, 9.17) is 14.2 Å². The summed E-state index contributed by atoms with van der Waals surface area (Å²) in [5, 5.41) is 0. The average molecular weight is 468 g/mol. The molecule has 0 saturated carbocycles. The van der Waals surface area contributed by atoms with Crippen LogP contribution in [0.1, 0.15) is 43.5 Å². The van der Waals surface area contributed by atoms with Gasteiger partial charge in [0.2, 0.25) is 6.10 Å². The number of para-hydroxylation sites is 2. The van der Waals surface area contributed by atoms with Crippen molar-refractivity contribution in [3.63, 3.8) is 0 Å². The molecule has 34 heavy (non-hydrogen) atoms. The van der Waals surface area contributed by atoms with Gasteiger partial charge in [0.15, 0.2) is 18.1 Å². The van der Waals surface area contributed by atoms with Crippen LogP contribution in [-0.2, 0) is 9.59 Å². The lowest BCUT2D eigenvalue weighted by Gasteiger charge is -2.38. The number of nitrogens with one attached hydrogen (secondary N) is 2. The highest BCUT2D eigenvalue weighted by atomic mass is 16.6. The Morgan fingerprint density at radius 3 is 2.35 bits per heavy atom. The van der Waals surface area contributed by atoms with Crippen LogP contribution in [0.3, 0.4) is 0 Å². The van der Waals surface area contributed by atoms with Crippen LogP contribution >= 0.6 is 0 Å². The Balaban J connectivity index is 1.24. The fourth-order valence-electron chi connectivity index (χ4n) is 4.25. The summed E-state index contributed by atoms with van der Waals surface area (Å²) in [5.74, 6) is 0.461. The van der Waals surface area contributed by atoms with Gasteiger partial charge in [0.25, 0.3) is 17.7 Å². The largest absolute Gasteiger partial charge is 0.485 e. The third-order valence-corrected chi connectivity index (χ3v) is 6.06. The molecule has 0 radical (unpaired) electrons. The number of nitrogens with zero attached hydrogens (tertiary/aromatic N) is 1. The SMILES string of the molecule is CC1CCCC(C)N1C(=O)COc1ccc(C(=O)NNC(=O)C2COc3ccccc3O2)cc1. The lowest BCUT2D eigenvalue weighted by molar-refractivity contribution is -0.139. The average Bonchev–Trinajstić information content (AvgIpc) is 2.85. The Bertz CT molecular complexity index is 1030. The molecule has 2 N–H and O–H groups in total. The Kier molecular flexibility index (Phi) is 7.20. The molecule has 0 aliphatic carbocycles. The van der Waals surface area contributed by atoms with Crippen molar-refractivity contribution in [1.29, 1.82) is 0 Å². The Morgan fingerprint density at radius 1 is 0.971 bits per heavy atom. The van der Waals surface area contributed by atoms with Crippen LogP contribution in [-0.4, -0.2) is 54.0 Å². The van der Waals surface area contributed by atoms with Crippen LogP contribution < -0.4 is 25.1 Å². The number of carbonyl (C=O) groups excluding carboxylic acids is 3. The topological polar surface area (TPSA) is 106 Å². The van der Waals surface area contributed by atoms with E-state index in [0.29, 0.717) is 22.8 Å². The predicted molar refractivity (Wildman–Crippen MR) is 124 cm³/mol. The van der Waals surface area contributed by atoms with Crippen molar-refractivity contribution in [3.8, 4) is 17.2 Å². The second-order valence-corrected chi connectivity index (χ2v) is 8.55. The number of rotatable bonds is 5. The molecule has 2 aliphatic heterocycles. The van der Waals surface area contributed by atoms with E-state index >= 15 is 0 Å². The van der Waals surface area contributed by atoms with Crippen molar-refractivity contribution in [2.75, 3.05) is 13.2 Å². The van der Waals surface area contributed by atoms with Gasteiger partial charge in [-0.2, -0.15) is 0 Å². The minimum atomic E-state index is -0.881. The summed E-state index contributed by atoms with van der Waals surface area (Å²) < 4.78 is 16.8. The number of hydrogen-bond acceptors (Lipinski definition) is 6. The van der Waals surface area contributed by atoms with Crippen LogP contribution in [0.2, 0.25) is 0 Å². The third-order valence-electron chi connectivity index (χ3n) is 6.06. The maximum Gasteiger partial charge on any atom is 0.283 e. The molecule has 1 fully saturated rings. The van der Waals surface area contributed by atoms with E-state index in [1.54, 1.807) is 42.5 Å². The van der Waals surface area contributed by atoms with Gasteiger partial charge in [-0.3, -0.25) is 25.2 Å². The van der Waals surface area contributed by atoms with Crippen molar-refractivity contribution >= 4 is 17.7 Å². The minimum Gasteiger partial charge on any atom is -0.485 e. The highest BCUT2D eigenvalue weighted by Gasteiger charge is 2.29. The summed E-state index contributed by atoms with van der Waals surface area (Å²) >= 11 is 0. The molecule has 9 heteroatoms. The lowest BCUT2D eigenvalue weighted by atomic mass is 9.97. The molecule has 3 amide bonds. The van der Waals surface area contributed by atoms with E-state index in [1.807, 2.05) is 11.0 Å². The smallest absolute Gasteiger partial charge is 0.283 e. The quantitative estimate of drug-likeness (QED) is 0.655. The summed E-state index contributed by atoms with van der Waals surface area (Å²) in [4.78, 5) is 39.2. The van der Waals surface area contributed by atoms with Gasteiger partial charge in [-0.25, -0.2) is 0 Å². The molecule has 4 rings (SSSR count). The van der Waals surface area contributed by atoms with E-state index in [1.165, 1.54) is 0 Å². The molecule has 180 valence electrons. The van der Waals surface area contributed by atoms with Gasteiger partial charge in [-0.1, -0.05) is 12.1 Å². The highest BCUT2D eigenvalue weighted by molar-refractivity contribution is 5.96. The summed E-state index contributed by atoms with van der Waals surface area (Å²) in [6.07, 6.45) is 2.26. The number of amides is 3. The Morgan fingerprint density at radius 2 is 1.65 bits per heavy atom. The zero-order valence-electron chi connectivity index (χ0n) is 19.3. The van der Waals surface area contributed by atoms with Gasteiger partial charge in [0.05, 0.1) is 0 Å². The first-order valence-electron chi connectivity index (χ1n) is 11.4. The Hall–Kier alpha value is -3.75. The van der Waals surface area contributed by atoms with Crippen LogP contribution in [0.25, 0.3) is 0 Å². The molecule has 0 aromatic heterocycles.